The molecular weight excluding hydrogens is 374 g/mol. The van der Waals surface area contributed by atoms with Gasteiger partial charge in [-0.25, -0.2) is 0 Å². The highest BCUT2D eigenvalue weighted by atomic mass is 16.6. The van der Waals surface area contributed by atoms with Crippen molar-refractivity contribution in [1.29, 1.82) is 0 Å². The van der Waals surface area contributed by atoms with E-state index in [4.69, 9.17) is 4.74 Å². The van der Waals surface area contributed by atoms with Crippen molar-refractivity contribution >= 4 is 22.5 Å². The van der Waals surface area contributed by atoms with E-state index in [0.717, 1.165) is 27.7 Å². The average Bonchev–Trinajstić information content (AvgIpc) is 3.37. The number of benzene rings is 2. The largest absolute Gasteiger partial charge is 0.368 e. The first kappa shape index (κ1) is 18.7. The van der Waals surface area contributed by atoms with Gasteiger partial charge >= 0.3 is 0 Å². The minimum atomic E-state index is -1.02. The van der Waals surface area contributed by atoms with Crippen LogP contribution in [-0.2, 0) is 9.53 Å². The van der Waals surface area contributed by atoms with Gasteiger partial charge in [0.25, 0.3) is 5.91 Å². The van der Waals surface area contributed by atoms with Gasteiger partial charge in [0.05, 0.1) is 11.2 Å². The summed E-state index contributed by atoms with van der Waals surface area (Å²) in [5.74, 6) is 0.140. The second kappa shape index (κ2) is 7.78. The van der Waals surface area contributed by atoms with Crippen LogP contribution in [0.2, 0.25) is 0 Å². The quantitative estimate of drug-likeness (QED) is 0.367. The van der Waals surface area contributed by atoms with Crippen LogP contribution in [0.25, 0.3) is 33.5 Å². The van der Waals surface area contributed by atoms with E-state index in [1.807, 2.05) is 36.4 Å². The number of aliphatic hydroxyl groups excluding tert-OH is 1. The van der Waals surface area contributed by atoms with Crippen molar-refractivity contribution < 1.29 is 14.6 Å². The molecule has 1 unspecified atom stereocenters. The molecule has 4 N–H and O–H groups in total. The van der Waals surface area contributed by atoms with Gasteiger partial charge in [0.15, 0.2) is 6.29 Å². The number of fused-ring (bicyclic) bond motifs is 1. The molecule has 0 aliphatic heterocycles. The highest BCUT2D eigenvalue weighted by Gasteiger charge is 2.17. The number of anilines is 1. The second-order valence-corrected chi connectivity index (χ2v) is 6.52. The molecule has 10 heteroatoms. The van der Waals surface area contributed by atoms with E-state index in [-0.39, 0.29) is 5.91 Å². The van der Waals surface area contributed by atoms with Crippen LogP contribution in [0.4, 0.5) is 5.69 Å². The van der Waals surface area contributed by atoms with E-state index >= 15 is 0 Å². The molecule has 0 aliphatic carbocycles. The Balaban J connectivity index is 1.63. The molecule has 0 fully saturated rings. The van der Waals surface area contributed by atoms with Gasteiger partial charge in [-0.2, -0.15) is 10.3 Å². The summed E-state index contributed by atoms with van der Waals surface area (Å²) in [5.41, 5.74) is 3.82. The number of amides is 1. The molecule has 0 saturated heterocycles. The lowest BCUT2D eigenvalue weighted by Crippen LogP contribution is -2.30. The zero-order chi connectivity index (χ0) is 20.4. The van der Waals surface area contributed by atoms with E-state index in [9.17, 15) is 9.90 Å². The lowest BCUT2D eigenvalue weighted by molar-refractivity contribution is -0.148. The molecule has 2 aromatic carbocycles. The van der Waals surface area contributed by atoms with E-state index in [1.165, 1.54) is 6.92 Å². The van der Waals surface area contributed by atoms with E-state index in [2.05, 4.69) is 36.1 Å². The van der Waals surface area contributed by atoms with Gasteiger partial charge < -0.3 is 15.2 Å². The van der Waals surface area contributed by atoms with Crippen LogP contribution in [-0.4, -0.2) is 54.2 Å². The second-order valence-electron chi connectivity index (χ2n) is 6.52. The Bertz CT molecular complexity index is 1140. The third-order valence-electron chi connectivity index (χ3n) is 4.34. The SMILES string of the molecule is CC(O)O[C@@H](C)C(=O)Nc1cccc(-c2n[nH]c3ccc(-c4nn[nH]n4)cc23)c1. The minimum Gasteiger partial charge on any atom is -0.368 e. The highest BCUT2D eigenvalue weighted by Crippen LogP contribution is 2.30. The van der Waals surface area contributed by atoms with Crippen LogP contribution in [0.3, 0.4) is 0 Å². The van der Waals surface area contributed by atoms with Gasteiger partial charge in [-0.3, -0.25) is 9.89 Å². The summed E-state index contributed by atoms with van der Waals surface area (Å²) in [6.07, 6.45) is -1.81. The summed E-state index contributed by atoms with van der Waals surface area (Å²) >= 11 is 0. The molecule has 0 saturated carbocycles. The number of nitrogens with one attached hydrogen (secondary N) is 3. The maximum absolute atomic E-state index is 12.2. The number of aromatic nitrogens is 6. The van der Waals surface area contributed by atoms with Crippen LogP contribution < -0.4 is 5.32 Å². The number of hydrogen-bond acceptors (Lipinski definition) is 7. The molecule has 4 aromatic rings. The van der Waals surface area contributed by atoms with Gasteiger partial charge in [-0.1, -0.05) is 12.1 Å². The summed E-state index contributed by atoms with van der Waals surface area (Å²) in [6.45, 7) is 3.03. The Morgan fingerprint density at radius 2 is 2.00 bits per heavy atom. The number of rotatable bonds is 6. The van der Waals surface area contributed by atoms with Crippen molar-refractivity contribution in [2.75, 3.05) is 5.32 Å². The van der Waals surface area contributed by atoms with Crippen LogP contribution >= 0.6 is 0 Å². The Labute approximate surface area is 165 Å². The van der Waals surface area contributed by atoms with Crippen LogP contribution in [0.5, 0.6) is 0 Å². The Hall–Kier alpha value is -3.63. The lowest BCUT2D eigenvalue weighted by Gasteiger charge is -2.15. The Kier molecular flexibility index (Phi) is 5.02. The van der Waals surface area contributed by atoms with Crippen molar-refractivity contribution in [3.63, 3.8) is 0 Å². The molecule has 4 rings (SSSR count). The van der Waals surface area contributed by atoms with Gasteiger partial charge in [0, 0.05) is 22.2 Å². The molecule has 0 bridgehead atoms. The first-order valence-corrected chi connectivity index (χ1v) is 8.98. The summed E-state index contributed by atoms with van der Waals surface area (Å²) in [4.78, 5) is 12.2. The Morgan fingerprint density at radius 3 is 2.76 bits per heavy atom. The monoisotopic (exact) mass is 393 g/mol. The Morgan fingerprint density at radius 1 is 1.14 bits per heavy atom. The van der Waals surface area contributed by atoms with Crippen molar-refractivity contribution in [2.45, 2.75) is 26.2 Å². The maximum Gasteiger partial charge on any atom is 0.253 e. The van der Waals surface area contributed by atoms with Crippen LogP contribution in [0, 0.1) is 0 Å². The molecule has 0 spiro atoms. The smallest absolute Gasteiger partial charge is 0.253 e. The van der Waals surface area contributed by atoms with E-state index in [1.54, 1.807) is 13.0 Å². The summed E-state index contributed by atoms with van der Waals surface area (Å²) in [7, 11) is 0. The molecule has 2 heterocycles. The molecule has 2 atom stereocenters. The molecule has 0 radical (unpaired) electrons. The summed E-state index contributed by atoms with van der Waals surface area (Å²) in [6, 6.07) is 13.0. The van der Waals surface area contributed by atoms with Crippen molar-refractivity contribution in [2.24, 2.45) is 0 Å². The third-order valence-corrected chi connectivity index (χ3v) is 4.34. The molecule has 148 valence electrons. The number of aromatic amines is 2. The van der Waals surface area contributed by atoms with Crippen molar-refractivity contribution in [1.82, 2.24) is 30.8 Å². The lowest BCUT2D eigenvalue weighted by atomic mass is 10.0. The topological polar surface area (TPSA) is 142 Å². The molecule has 0 aliphatic rings. The predicted octanol–water partition coefficient (Wildman–Crippen LogP) is 2.09. The van der Waals surface area contributed by atoms with Crippen LogP contribution in [0.1, 0.15) is 13.8 Å². The molecular formula is C19H19N7O3. The number of ether oxygens (including phenoxy) is 1. The molecule has 1 amide bonds. The molecule has 29 heavy (non-hydrogen) atoms. The fourth-order valence-electron chi connectivity index (χ4n) is 3.00. The van der Waals surface area contributed by atoms with Gasteiger partial charge in [0.2, 0.25) is 5.82 Å². The zero-order valence-electron chi connectivity index (χ0n) is 15.7. The first-order valence-electron chi connectivity index (χ1n) is 8.98. The van der Waals surface area contributed by atoms with Crippen molar-refractivity contribution in [3.05, 3.63) is 42.5 Å². The fourth-order valence-corrected chi connectivity index (χ4v) is 3.00. The van der Waals surface area contributed by atoms with Gasteiger partial charge in [-0.05, 0) is 49.4 Å². The maximum atomic E-state index is 12.2. The summed E-state index contributed by atoms with van der Waals surface area (Å²) < 4.78 is 5.10. The minimum absolute atomic E-state index is 0.352. The number of hydrogen-bond donors (Lipinski definition) is 4. The van der Waals surface area contributed by atoms with E-state index in [0.29, 0.717) is 11.5 Å². The fraction of sp³-hybridized carbons (Fsp3) is 0.211. The number of nitrogens with zero attached hydrogens (tertiary/aromatic N) is 4. The zero-order valence-corrected chi connectivity index (χ0v) is 15.7. The normalized spacial score (nSPS) is 13.3. The highest BCUT2D eigenvalue weighted by molar-refractivity contribution is 5.97. The van der Waals surface area contributed by atoms with Gasteiger partial charge in [0.1, 0.15) is 6.10 Å². The number of carbonyl (C=O) groups is 1. The summed E-state index contributed by atoms with van der Waals surface area (Å²) in [5, 5.41) is 34.4. The number of H-pyrrole nitrogens is 2. The number of tetrazole rings is 1. The standard InChI is InChI=1S/C19H19N7O3/c1-10(29-11(2)27)19(28)20-14-5-3-4-12(8-14)17-15-9-13(18-23-25-26-24-18)6-7-16(15)21-22-17/h3-11,27H,1-2H3,(H,20,28)(H,21,22)(H,23,24,25,26)/t10-,11?/m0/s1. The predicted molar refractivity (Wildman–Crippen MR) is 106 cm³/mol. The third kappa shape index (κ3) is 3.98. The molecule has 10 nitrogen and oxygen atoms in total. The average molecular weight is 393 g/mol. The van der Waals surface area contributed by atoms with Gasteiger partial charge in [-0.15, -0.1) is 10.2 Å². The first-order chi connectivity index (χ1) is 14.0. The van der Waals surface area contributed by atoms with Crippen molar-refractivity contribution in [3.8, 4) is 22.6 Å². The number of carbonyl (C=O) groups excluding carboxylic acids is 1. The number of aliphatic hydroxyl groups is 1. The van der Waals surface area contributed by atoms with Crippen LogP contribution in [0.15, 0.2) is 42.5 Å². The molecule has 2 aromatic heterocycles. The van der Waals surface area contributed by atoms with E-state index < -0.39 is 12.4 Å².